The highest BCUT2D eigenvalue weighted by molar-refractivity contribution is 5.76. The van der Waals surface area contributed by atoms with Gasteiger partial charge < -0.3 is 89.9 Å². The summed E-state index contributed by atoms with van der Waals surface area (Å²) < 4.78 is 34.1. The lowest BCUT2D eigenvalue weighted by Crippen LogP contribution is -2.66. The zero-order chi connectivity index (χ0) is 52.0. The number of rotatable bonds is 37. The molecule has 17 atom stereocenters. The van der Waals surface area contributed by atoms with E-state index in [0.29, 0.717) is 6.42 Å². The first-order valence-electron chi connectivity index (χ1n) is 26.7. The van der Waals surface area contributed by atoms with Crippen molar-refractivity contribution in [3.05, 3.63) is 36.5 Å². The number of carbonyl (C=O) groups excluding carboxylic acids is 1. The van der Waals surface area contributed by atoms with E-state index in [4.69, 9.17) is 28.4 Å². The molecule has 0 aliphatic carbocycles. The van der Waals surface area contributed by atoms with Crippen LogP contribution in [0.2, 0.25) is 0 Å². The molecule has 0 aromatic carbocycles. The van der Waals surface area contributed by atoms with Gasteiger partial charge in [0.25, 0.3) is 0 Å². The van der Waals surface area contributed by atoms with E-state index in [-0.39, 0.29) is 18.9 Å². The normalized spacial score (nSPS) is 32.5. The molecule has 17 unspecified atom stereocenters. The highest BCUT2D eigenvalue weighted by atomic mass is 16.8. The predicted octanol–water partition coefficient (Wildman–Crippen LogP) is 2.59. The van der Waals surface area contributed by atoms with Crippen molar-refractivity contribution in [1.29, 1.82) is 0 Å². The van der Waals surface area contributed by atoms with Crippen LogP contribution in [0.4, 0.5) is 0 Å². The maximum Gasteiger partial charge on any atom is 0.220 e. The van der Waals surface area contributed by atoms with E-state index >= 15 is 0 Å². The molecule has 3 aliphatic rings. The Morgan fingerprint density at radius 3 is 1.45 bits per heavy atom. The number of aliphatic hydroxyl groups is 11. The number of aliphatic hydroxyl groups excluding tert-OH is 11. The number of unbranched alkanes of at least 4 members (excludes halogenated alkanes) is 17. The first kappa shape index (κ1) is 63.3. The van der Waals surface area contributed by atoms with Gasteiger partial charge in [-0.2, -0.15) is 0 Å². The number of nitrogens with one attached hydrogen (secondary N) is 1. The zero-order valence-electron chi connectivity index (χ0n) is 42.4. The second-order valence-corrected chi connectivity index (χ2v) is 19.3. The molecule has 0 aromatic heterocycles. The molecule has 0 radical (unpaired) electrons. The van der Waals surface area contributed by atoms with Gasteiger partial charge in [0.15, 0.2) is 18.9 Å². The smallest absolute Gasteiger partial charge is 0.220 e. The highest BCUT2D eigenvalue weighted by Gasteiger charge is 2.53. The molecule has 3 saturated heterocycles. The number of amides is 1. The Labute approximate surface area is 421 Å². The van der Waals surface area contributed by atoms with Crippen molar-refractivity contribution in [2.24, 2.45) is 0 Å². The number of hydrogen-bond acceptors (Lipinski definition) is 18. The number of ether oxygens (including phenoxy) is 6. The molecule has 19 heteroatoms. The SMILES string of the molecule is CCCCCC/C=C\C/C=C\CCCCCCCC(=O)NC(COC1OC(CO)C(OC2OC(CO)C(OC3OC(CO)C(O)C(O)C3O)C(O)C2O)C(O)C1O)C(O)/C=C/CCCCCCCCCC. The zero-order valence-corrected chi connectivity index (χ0v) is 42.4. The molecular weight excluding hydrogens is 927 g/mol. The molecule has 19 nitrogen and oxygen atoms in total. The molecule has 3 rings (SSSR count). The Kier molecular flexibility index (Phi) is 32.9. The van der Waals surface area contributed by atoms with Crippen molar-refractivity contribution in [3.63, 3.8) is 0 Å². The van der Waals surface area contributed by atoms with Gasteiger partial charge >= 0.3 is 0 Å². The van der Waals surface area contributed by atoms with Crippen LogP contribution < -0.4 is 5.32 Å². The van der Waals surface area contributed by atoms with Gasteiger partial charge in [0.1, 0.15) is 73.2 Å². The molecule has 1 amide bonds. The summed E-state index contributed by atoms with van der Waals surface area (Å²) in [6.45, 7) is 1.63. The molecule has 71 heavy (non-hydrogen) atoms. The molecule has 3 aliphatic heterocycles. The van der Waals surface area contributed by atoms with Crippen LogP contribution in [0.15, 0.2) is 36.5 Å². The van der Waals surface area contributed by atoms with Gasteiger partial charge in [0, 0.05) is 6.42 Å². The van der Waals surface area contributed by atoms with Crippen molar-refractivity contribution in [2.45, 2.75) is 259 Å². The first-order valence-corrected chi connectivity index (χ1v) is 26.7. The van der Waals surface area contributed by atoms with Crippen LogP contribution in [-0.4, -0.2) is 193 Å². The van der Waals surface area contributed by atoms with Crippen LogP contribution in [0.5, 0.6) is 0 Å². The summed E-state index contributed by atoms with van der Waals surface area (Å²) in [5, 5.41) is 120. The summed E-state index contributed by atoms with van der Waals surface area (Å²) in [6.07, 6.45) is 8.62. The van der Waals surface area contributed by atoms with Crippen molar-refractivity contribution in [3.8, 4) is 0 Å². The molecule has 0 spiro atoms. The molecule has 3 fully saturated rings. The molecule has 0 saturated carbocycles. The molecule has 414 valence electrons. The maximum atomic E-state index is 13.2. The first-order chi connectivity index (χ1) is 34.3. The minimum absolute atomic E-state index is 0.226. The minimum atomic E-state index is -1.98. The summed E-state index contributed by atoms with van der Waals surface area (Å²) in [5.74, 6) is -0.294. The fraction of sp³-hybridized carbons (Fsp3) is 0.865. The van der Waals surface area contributed by atoms with Crippen LogP contribution in [0.3, 0.4) is 0 Å². The Bertz CT molecular complexity index is 1450. The van der Waals surface area contributed by atoms with Crippen molar-refractivity contribution < 1.29 is 89.4 Å². The van der Waals surface area contributed by atoms with E-state index in [0.717, 1.165) is 70.6 Å². The van der Waals surface area contributed by atoms with Gasteiger partial charge in [-0.3, -0.25) is 4.79 Å². The van der Waals surface area contributed by atoms with Gasteiger partial charge in [-0.1, -0.05) is 134 Å². The van der Waals surface area contributed by atoms with Crippen LogP contribution in [0.25, 0.3) is 0 Å². The Morgan fingerprint density at radius 2 is 0.930 bits per heavy atom. The number of hydrogen-bond donors (Lipinski definition) is 12. The summed E-state index contributed by atoms with van der Waals surface area (Å²) in [6, 6.07) is -0.977. The number of allylic oxidation sites excluding steroid dienone is 5. The molecular formula is C52H93NO18. The van der Waals surface area contributed by atoms with E-state index in [9.17, 15) is 61.0 Å². The van der Waals surface area contributed by atoms with Gasteiger partial charge in [0.05, 0.1) is 38.6 Å². The highest BCUT2D eigenvalue weighted by Crippen LogP contribution is 2.33. The lowest BCUT2D eigenvalue weighted by atomic mass is 9.96. The third-order valence-corrected chi connectivity index (χ3v) is 13.4. The third kappa shape index (κ3) is 22.4. The van der Waals surface area contributed by atoms with Gasteiger partial charge in [-0.25, -0.2) is 0 Å². The van der Waals surface area contributed by atoms with Crippen LogP contribution in [0.1, 0.15) is 155 Å². The molecule has 3 heterocycles. The lowest BCUT2D eigenvalue weighted by molar-refractivity contribution is -0.379. The van der Waals surface area contributed by atoms with Crippen molar-refractivity contribution in [2.75, 3.05) is 26.4 Å². The minimum Gasteiger partial charge on any atom is -0.394 e. The predicted molar refractivity (Wildman–Crippen MR) is 263 cm³/mol. The Hall–Kier alpha value is -1.99. The Balaban J connectivity index is 1.55. The monoisotopic (exact) mass is 1020 g/mol. The molecule has 0 aromatic rings. The van der Waals surface area contributed by atoms with Gasteiger partial charge in [-0.15, -0.1) is 0 Å². The van der Waals surface area contributed by atoms with Crippen LogP contribution >= 0.6 is 0 Å². The summed E-state index contributed by atoms with van der Waals surface area (Å²) >= 11 is 0. The average Bonchev–Trinajstić information content (AvgIpc) is 3.36. The van der Waals surface area contributed by atoms with Gasteiger partial charge in [-0.05, 0) is 51.4 Å². The fourth-order valence-corrected chi connectivity index (χ4v) is 8.92. The summed E-state index contributed by atoms with van der Waals surface area (Å²) in [7, 11) is 0. The standard InChI is InChI=1S/C52H93NO18/c1-3-5-7-9-11-13-15-16-17-18-19-20-22-24-26-28-30-40(58)53-35(36(57)29-27-25-23-21-14-12-10-8-6-4-2)34-66-50-46(64)43(61)48(38(32-55)68-50)71-52-47(65)44(62)49(39(33-56)69-52)70-51-45(63)42(60)41(59)37(31-54)67-51/h13,15,17-18,27,29,35-39,41-52,54-57,59-65H,3-12,14,16,19-26,28,30-34H2,1-2H3,(H,53,58)/b15-13-,18-17-,29-27+. The van der Waals surface area contributed by atoms with E-state index in [1.54, 1.807) is 6.08 Å². The second-order valence-electron chi connectivity index (χ2n) is 19.3. The second kappa shape index (κ2) is 36.9. The van der Waals surface area contributed by atoms with Crippen LogP contribution in [-0.2, 0) is 33.2 Å². The van der Waals surface area contributed by atoms with E-state index < -0.39 is 124 Å². The maximum absolute atomic E-state index is 13.2. The fourth-order valence-electron chi connectivity index (χ4n) is 8.92. The quantitative estimate of drug-likeness (QED) is 0.0314. The lowest BCUT2D eigenvalue weighted by Gasteiger charge is -2.48. The topological polar surface area (TPSA) is 307 Å². The van der Waals surface area contributed by atoms with E-state index in [1.807, 2.05) is 6.08 Å². The third-order valence-electron chi connectivity index (χ3n) is 13.4. The summed E-state index contributed by atoms with van der Waals surface area (Å²) in [5.41, 5.74) is 0. The molecule has 12 N–H and O–H groups in total. The Morgan fingerprint density at radius 1 is 0.507 bits per heavy atom. The van der Waals surface area contributed by atoms with E-state index in [2.05, 4.69) is 43.5 Å². The average molecular weight is 1020 g/mol. The number of carbonyl (C=O) groups is 1. The summed E-state index contributed by atoms with van der Waals surface area (Å²) in [4.78, 5) is 13.2. The van der Waals surface area contributed by atoms with Gasteiger partial charge in [0.2, 0.25) is 5.91 Å². The van der Waals surface area contributed by atoms with Crippen molar-refractivity contribution in [1.82, 2.24) is 5.32 Å². The molecule has 0 bridgehead atoms. The largest absolute Gasteiger partial charge is 0.394 e. The van der Waals surface area contributed by atoms with Crippen molar-refractivity contribution >= 4 is 5.91 Å². The van der Waals surface area contributed by atoms with Crippen LogP contribution in [0, 0.1) is 0 Å². The van der Waals surface area contributed by atoms with E-state index in [1.165, 1.54) is 57.8 Å².